The molecule has 0 unspecified atom stereocenters. The number of nitrogens with one attached hydrogen (secondary N) is 1. The summed E-state index contributed by atoms with van der Waals surface area (Å²) in [6, 6.07) is 15.5. The lowest BCUT2D eigenvalue weighted by molar-refractivity contribution is -0.122. The maximum Gasteiger partial charge on any atom is 0.254 e. The molecule has 118 valence electrons. The van der Waals surface area contributed by atoms with Crippen LogP contribution in [0.3, 0.4) is 0 Å². The minimum absolute atomic E-state index is 0.0706. The van der Waals surface area contributed by atoms with Crippen LogP contribution in [-0.2, 0) is 11.3 Å². The molecule has 2 aromatic carbocycles. The van der Waals surface area contributed by atoms with Gasteiger partial charge in [-0.3, -0.25) is 9.59 Å². The largest absolute Gasteiger partial charge is 0.348 e. The van der Waals surface area contributed by atoms with Crippen molar-refractivity contribution >= 4 is 11.8 Å². The molecule has 0 aromatic heterocycles. The van der Waals surface area contributed by atoms with Gasteiger partial charge in [-0.15, -0.1) is 0 Å². The van der Waals surface area contributed by atoms with Gasteiger partial charge < -0.3 is 10.2 Å². The van der Waals surface area contributed by atoms with E-state index in [1.807, 2.05) is 62.4 Å². The Morgan fingerprint density at radius 2 is 1.87 bits per heavy atom. The van der Waals surface area contributed by atoms with Crippen LogP contribution in [0.2, 0.25) is 0 Å². The molecule has 3 rings (SSSR count). The van der Waals surface area contributed by atoms with Crippen molar-refractivity contribution in [1.29, 1.82) is 0 Å². The maximum atomic E-state index is 12.3. The van der Waals surface area contributed by atoms with Crippen molar-refractivity contribution in [2.45, 2.75) is 26.4 Å². The Bertz CT molecular complexity index is 737. The molecule has 0 saturated carbocycles. The van der Waals surface area contributed by atoms with Gasteiger partial charge in [-0.05, 0) is 31.0 Å². The highest BCUT2D eigenvalue weighted by atomic mass is 16.2. The van der Waals surface area contributed by atoms with Crippen LogP contribution in [0.25, 0.3) is 0 Å². The van der Waals surface area contributed by atoms with Crippen LogP contribution in [0, 0.1) is 6.92 Å². The molecule has 1 heterocycles. The third-order valence-electron chi connectivity index (χ3n) is 4.19. The lowest BCUT2D eigenvalue weighted by Gasteiger charge is -2.19. The van der Waals surface area contributed by atoms with Crippen LogP contribution in [-0.4, -0.2) is 23.3 Å². The molecule has 1 N–H and O–H groups in total. The Balaban J connectivity index is 1.60. The molecule has 2 amide bonds. The van der Waals surface area contributed by atoms with E-state index < -0.39 is 0 Å². The summed E-state index contributed by atoms with van der Waals surface area (Å²) in [5.74, 6) is -0.210. The van der Waals surface area contributed by atoms with Crippen molar-refractivity contribution < 1.29 is 9.59 Å². The fourth-order valence-electron chi connectivity index (χ4n) is 2.84. The van der Waals surface area contributed by atoms with Gasteiger partial charge in [-0.2, -0.15) is 0 Å². The minimum atomic E-state index is -0.140. The average molecular weight is 308 g/mol. The second-order valence-corrected chi connectivity index (χ2v) is 6.02. The van der Waals surface area contributed by atoms with E-state index >= 15 is 0 Å². The first-order valence-electron chi connectivity index (χ1n) is 7.77. The Labute approximate surface area is 136 Å². The van der Waals surface area contributed by atoms with Gasteiger partial charge in [-0.1, -0.05) is 48.0 Å². The number of fused-ring (bicyclic) bond motifs is 1. The van der Waals surface area contributed by atoms with E-state index in [0.717, 1.165) is 11.1 Å². The highest BCUT2D eigenvalue weighted by Gasteiger charge is 2.28. The van der Waals surface area contributed by atoms with E-state index in [1.165, 1.54) is 5.56 Å². The standard InChI is InChI=1S/C19H20N2O2/c1-13-7-9-15(10-8-13)14(2)20-18(22)12-21-11-16-5-3-4-6-17(16)19(21)23/h3-10,14H,11-12H2,1-2H3,(H,20,22)/t14-/m0/s1. The van der Waals surface area contributed by atoms with E-state index in [9.17, 15) is 9.59 Å². The molecule has 0 aliphatic carbocycles. The van der Waals surface area contributed by atoms with Crippen molar-refractivity contribution in [2.24, 2.45) is 0 Å². The summed E-state index contributed by atoms with van der Waals surface area (Å²) in [7, 11) is 0. The zero-order valence-corrected chi connectivity index (χ0v) is 13.4. The summed E-state index contributed by atoms with van der Waals surface area (Å²) in [4.78, 5) is 26.1. The van der Waals surface area contributed by atoms with Crippen molar-refractivity contribution in [3.63, 3.8) is 0 Å². The highest BCUT2D eigenvalue weighted by Crippen LogP contribution is 2.22. The van der Waals surface area contributed by atoms with Gasteiger partial charge in [0.25, 0.3) is 5.91 Å². The zero-order chi connectivity index (χ0) is 16.4. The van der Waals surface area contributed by atoms with Gasteiger partial charge >= 0.3 is 0 Å². The summed E-state index contributed by atoms with van der Waals surface area (Å²) in [6.45, 7) is 4.57. The van der Waals surface area contributed by atoms with Crippen molar-refractivity contribution in [3.8, 4) is 0 Å². The number of aryl methyl sites for hydroxylation is 1. The number of nitrogens with zero attached hydrogens (tertiary/aromatic N) is 1. The van der Waals surface area contributed by atoms with Crippen LogP contribution < -0.4 is 5.32 Å². The molecule has 4 nitrogen and oxygen atoms in total. The molecule has 1 aliphatic rings. The first-order valence-corrected chi connectivity index (χ1v) is 7.77. The summed E-state index contributed by atoms with van der Waals surface area (Å²) in [5, 5.41) is 2.96. The SMILES string of the molecule is Cc1ccc([C@H](C)NC(=O)CN2Cc3ccccc3C2=O)cc1. The molecular formula is C19H20N2O2. The predicted octanol–water partition coefficient (Wildman–Crippen LogP) is 2.83. The van der Waals surface area contributed by atoms with Crippen LogP contribution in [0.4, 0.5) is 0 Å². The van der Waals surface area contributed by atoms with Gasteiger partial charge in [0.1, 0.15) is 6.54 Å². The Kier molecular flexibility index (Phi) is 4.15. The van der Waals surface area contributed by atoms with E-state index in [1.54, 1.807) is 4.90 Å². The first kappa shape index (κ1) is 15.3. The van der Waals surface area contributed by atoms with Gasteiger partial charge in [0.2, 0.25) is 5.91 Å². The van der Waals surface area contributed by atoms with Crippen LogP contribution in [0.1, 0.15) is 40.0 Å². The topological polar surface area (TPSA) is 49.4 Å². The van der Waals surface area contributed by atoms with Gasteiger partial charge in [0.05, 0.1) is 6.04 Å². The van der Waals surface area contributed by atoms with E-state index in [0.29, 0.717) is 12.1 Å². The molecular weight excluding hydrogens is 288 g/mol. The number of carbonyl (C=O) groups excluding carboxylic acids is 2. The molecule has 2 aromatic rings. The number of carbonyl (C=O) groups is 2. The van der Waals surface area contributed by atoms with E-state index in [4.69, 9.17) is 0 Å². The minimum Gasteiger partial charge on any atom is -0.348 e. The smallest absolute Gasteiger partial charge is 0.254 e. The fourth-order valence-corrected chi connectivity index (χ4v) is 2.84. The van der Waals surface area contributed by atoms with Crippen molar-refractivity contribution in [2.75, 3.05) is 6.54 Å². The summed E-state index contributed by atoms with van der Waals surface area (Å²) < 4.78 is 0. The number of benzene rings is 2. The summed E-state index contributed by atoms with van der Waals surface area (Å²) >= 11 is 0. The Morgan fingerprint density at radius 1 is 1.17 bits per heavy atom. The third kappa shape index (κ3) is 3.26. The van der Waals surface area contributed by atoms with Crippen LogP contribution >= 0.6 is 0 Å². The lowest BCUT2D eigenvalue weighted by Crippen LogP contribution is -2.38. The Hall–Kier alpha value is -2.62. The number of amides is 2. The van der Waals surface area contributed by atoms with Gasteiger partial charge in [0, 0.05) is 12.1 Å². The average Bonchev–Trinajstić information content (AvgIpc) is 2.84. The lowest BCUT2D eigenvalue weighted by atomic mass is 10.1. The second-order valence-electron chi connectivity index (χ2n) is 6.02. The molecule has 0 bridgehead atoms. The summed E-state index contributed by atoms with van der Waals surface area (Å²) in [6.07, 6.45) is 0. The number of hydrogen-bond acceptors (Lipinski definition) is 2. The molecule has 1 atom stereocenters. The van der Waals surface area contributed by atoms with Gasteiger partial charge in [0.15, 0.2) is 0 Å². The molecule has 0 fully saturated rings. The quantitative estimate of drug-likeness (QED) is 0.944. The first-order chi connectivity index (χ1) is 11.0. The zero-order valence-electron chi connectivity index (χ0n) is 13.4. The van der Waals surface area contributed by atoms with E-state index in [-0.39, 0.29) is 24.4 Å². The molecule has 4 heteroatoms. The number of hydrogen-bond donors (Lipinski definition) is 1. The van der Waals surface area contributed by atoms with Crippen LogP contribution in [0.15, 0.2) is 48.5 Å². The second kappa shape index (κ2) is 6.24. The molecule has 23 heavy (non-hydrogen) atoms. The Morgan fingerprint density at radius 3 is 2.57 bits per heavy atom. The molecule has 0 spiro atoms. The molecule has 0 saturated heterocycles. The third-order valence-corrected chi connectivity index (χ3v) is 4.19. The molecule has 0 radical (unpaired) electrons. The van der Waals surface area contributed by atoms with Crippen molar-refractivity contribution in [1.82, 2.24) is 10.2 Å². The van der Waals surface area contributed by atoms with Crippen molar-refractivity contribution in [3.05, 3.63) is 70.8 Å². The maximum absolute atomic E-state index is 12.3. The summed E-state index contributed by atoms with van der Waals surface area (Å²) in [5.41, 5.74) is 3.93. The highest BCUT2D eigenvalue weighted by molar-refractivity contribution is 6.00. The van der Waals surface area contributed by atoms with E-state index in [2.05, 4.69) is 5.32 Å². The normalized spacial score (nSPS) is 14.5. The van der Waals surface area contributed by atoms with Gasteiger partial charge in [-0.25, -0.2) is 0 Å². The number of rotatable bonds is 4. The van der Waals surface area contributed by atoms with Crippen LogP contribution in [0.5, 0.6) is 0 Å². The predicted molar refractivity (Wildman–Crippen MR) is 88.9 cm³/mol. The molecule has 1 aliphatic heterocycles. The monoisotopic (exact) mass is 308 g/mol. The fraction of sp³-hybridized carbons (Fsp3) is 0.263.